The number of aryl methyl sites for hydroxylation is 1. The molecule has 1 aromatic rings. The Hall–Kier alpha value is -3.74. The van der Waals surface area contributed by atoms with Crippen molar-refractivity contribution in [2.45, 2.75) is 124 Å². The molecule has 0 spiro atoms. The first-order chi connectivity index (χ1) is 21.0. The van der Waals surface area contributed by atoms with Crippen LogP contribution in [0, 0.1) is 25.2 Å². The van der Waals surface area contributed by atoms with E-state index in [1.54, 1.807) is 39.5 Å². The molecule has 4 amide bonds. The number of H-pyrrole nitrogens is 1. The largest absolute Gasteiger partial charge is 0.451 e. The Labute approximate surface area is 264 Å². The summed E-state index contributed by atoms with van der Waals surface area (Å²) in [5.74, 6) is -3.68. The number of fused-ring (bicyclic) bond motifs is 1. The van der Waals surface area contributed by atoms with Gasteiger partial charge in [-0.2, -0.15) is 0 Å². The predicted octanol–water partition coefficient (Wildman–Crippen LogP) is 1.81. The predicted molar refractivity (Wildman–Crippen MR) is 165 cm³/mol. The number of ether oxygens (including phenoxy) is 1. The first kappa shape index (κ1) is 35.7. The third-order valence-electron chi connectivity index (χ3n) is 9.05. The third-order valence-corrected chi connectivity index (χ3v) is 9.05. The van der Waals surface area contributed by atoms with Crippen LogP contribution in [0.25, 0.3) is 0 Å². The van der Waals surface area contributed by atoms with E-state index >= 15 is 0 Å². The number of aliphatic hydroxyl groups is 1. The van der Waals surface area contributed by atoms with Gasteiger partial charge in [-0.1, -0.05) is 47.0 Å². The number of nitrogens with two attached hydrogens (primary N) is 1. The molecule has 13 nitrogen and oxygen atoms in total. The number of hydrogen-bond acceptors (Lipinski definition) is 8. The molecule has 6 N–H and O–H groups in total. The van der Waals surface area contributed by atoms with Crippen molar-refractivity contribution < 1.29 is 38.6 Å². The molecule has 1 saturated heterocycles. The Balaban J connectivity index is 1.81. The quantitative estimate of drug-likeness (QED) is 0.170. The Morgan fingerprint density at radius 2 is 1.73 bits per heavy atom. The van der Waals surface area contributed by atoms with Gasteiger partial charge in [-0.05, 0) is 63.4 Å². The van der Waals surface area contributed by atoms with Crippen LogP contribution in [0.2, 0.25) is 0 Å². The number of carbonyl (C=O) groups is 6. The molecular weight excluding hydrogens is 582 g/mol. The maximum Gasteiger partial charge on any atom is 0.356 e. The lowest BCUT2D eigenvalue weighted by molar-refractivity contribution is -0.147. The van der Waals surface area contributed by atoms with Crippen LogP contribution >= 0.6 is 0 Å². The van der Waals surface area contributed by atoms with E-state index in [-0.39, 0.29) is 29.0 Å². The number of carbonyl (C=O) groups excluding carboxylic acids is 6. The first-order valence-corrected chi connectivity index (χ1v) is 15.8. The number of amides is 4. The summed E-state index contributed by atoms with van der Waals surface area (Å²) in [6, 6.07) is -3.04. The molecule has 1 aliphatic carbocycles. The number of ketones is 1. The molecule has 0 radical (unpaired) electrons. The number of nitrogens with one attached hydrogen (secondary N) is 3. The van der Waals surface area contributed by atoms with Gasteiger partial charge >= 0.3 is 5.97 Å². The van der Waals surface area contributed by atoms with Crippen LogP contribution in [0.1, 0.15) is 112 Å². The molecule has 6 atom stereocenters. The van der Waals surface area contributed by atoms with Crippen molar-refractivity contribution >= 4 is 35.4 Å². The van der Waals surface area contributed by atoms with Crippen LogP contribution in [0.15, 0.2) is 0 Å². The minimum atomic E-state index is -1.57. The summed E-state index contributed by atoms with van der Waals surface area (Å²) in [4.78, 5) is 82.2. The van der Waals surface area contributed by atoms with Crippen molar-refractivity contribution in [3.05, 3.63) is 22.5 Å². The maximum absolute atomic E-state index is 14.3. The van der Waals surface area contributed by atoms with Gasteiger partial charge < -0.3 is 36.1 Å². The molecule has 45 heavy (non-hydrogen) atoms. The summed E-state index contributed by atoms with van der Waals surface area (Å²) in [6.07, 6.45) is 3.17. The summed E-state index contributed by atoms with van der Waals surface area (Å²) in [7, 11) is 0. The summed E-state index contributed by atoms with van der Waals surface area (Å²) < 4.78 is 5.24. The fourth-order valence-corrected chi connectivity index (χ4v) is 6.62. The van der Waals surface area contributed by atoms with E-state index in [9.17, 15) is 33.9 Å². The van der Waals surface area contributed by atoms with Crippen molar-refractivity contribution in [1.82, 2.24) is 20.5 Å². The topological polar surface area (TPSA) is 201 Å². The number of Topliss-reactive ketones (excluding diaryl/α,β-unsaturated/α-hetero) is 1. The zero-order chi connectivity index (χ0) is 33.8. The molecule has 1 saturated carbocycles. The normalized spacial score (nSPS) is 21.7. The molecule has 250 valence electrons. The molecule has 2 heterocycles. The second kappa shape index (κ2) is 14.6. The number of rotatable bonds is 12. The Bertz CT molecular complexity index is 1320. The van der Waals surface area contributed by atoms with E-state index in [0.29, 0.717) is 36.9 Å². The molecule has 0 aromatic carbocycles. The summed E-state index contributed by atoms with van der Waals surface area (Å²) >= 11 is 0. The van der Waals surface area contributed by atoms with Crippen LogP contribution in [-0.4, -0.2) is 87.2 Å². The standard InChI is InChI=1S/C32H49N5O8/c1-8-11-20(26(40)28(33)41)35-29(42)22-14-19-12-9-10-13-21(19)37(22)30(43)27(32(5,6)7)36-23(39)15-45-31(44)25-24(18(4)38)16(2)17(3)34-25/h19-22,26-27,34,40H,8-15H2,1-7H3,(H2,33,41)(H,35,42)(H,36,39)/t19?,20-,21?,22-,26?,27+/m0/s1. The molecule has 2 aliphatic rings. The number of aliphatic hydroxyl groups excluding tert-OH is 1. The molecule has 1 aromatic heterocycles. The highest BCUT2D eigenvalue weighted by atomic mass is 16.5. The highest BCUT2D eigenvalue weighted by Crippen LogP contribution is 2.41. The van der Waals surface area contributed by atoms with Gasteiger partial charge in [0.05, 0.1) is 11.6 Å². The first-order valence-electron chi connectivity index (χ1n) is 15.8. The second-order valence-corrected chi connectivity index (χ2v) is 13.5. The zero-order valence-electron chi connectivity index (χ0n) is 27.5. The number of hydrogen-bond donors (Lipinski definition) is 5. The number of aromatic amines is 1. The van der Waals surface area contributed by atoms with E-state index in [1.807, 2.05) is 6.92 Å². The van der Waals surface area contributed by atoms with Crippen molar-refractivity contribution in [2.24, 2.45) is 17.1 Å². The number of likely N-dealkylation sites (tertiary alicyclic amines) is 1. The molecule has 3 unspecified atom stereocenters. The van der Waals surface area contributed by atoms with Gasteiger partial charge in [0.1, 0.15) is 17.8 Å². The molecule has 2 fully saturated rings. The molecule has 3 rings (SSSR count). The van der Waals surface area contributed by atoms with E-state index in [2.05, 4.69) is 15.6 Å². The molecular formula is C32H49N5O8. The average molecular weight is 632 g/mol. The highest BCUT2D eigenvalue weighted by molar-refractivity contribution is 6.06. The van der Waals surface area contributed by atoms with Gasteiger partial charge in [0.15, 0.2) is 18.5 Å². The van der Waals surface area contributed by atoms with E-state index in [1.165, 1.54) is 6.92 Å². The van der Waals surface area contributed by atoms with Gasteiger partial charge in [0.2, 0.25) is 17.7 Å². The number of nitrogens with zero attached hydrogens (tertiary/aromatic N) is 1. The van der Waals surface area contributed by atoms with Crippen molar-refractivity contribution in [3.63, 3.8) is 0 Å². The van der Waals surface area contributed by atoms with Crippen LogP contribution in [0.4, 0.5) is 0 Å². The van der Waals surface area contributed by atoms with Gasteiger partial charge in [-0.15, -0.1) is 0 Å². The minimum absolute atomic E-state index is 0.0363. The lowest BCUT2D eigenvalue weighted by Gasteiger charge is -2.39. The van der Waals surface area contributed by atoms with Crippen molar-refractivity contribution in [2.75, 3.05) is 6.61 Å². The van der Waals surface area contributed by atoms with Crippen LogP contribution in [0.3, 0.4) is 0 Å². The fraction of sp³-hybridized carbons (Fsp3) is 0.688. The summed E-state index contributed by atoms with van der Waals surface area (Å²) in [5.41, 5.74) is 5.94. The van der Waals surface area contributed by atoms with Gasteiger partial charge in [0.25, 0.3) is 5.91 Å². The summed E-state index contributed by atoms with van der Waals surface area (Å²) in [6.45, 7) is 11.3. The van der Waals surface area contributed by atoms with Gasteiger partial charge in [-0.3, -0.25) is 24.0 Å². The molecule has 13 heteroatoms. The third kappa shape index (κ3) is 8.11. The van der Waals surface area contributed by atoms with Crippen LogP contribution in [0.5, 0.6) is 0 Å². The number of esters is 1. The van der Waals surface area contributed by atoms with Gasteiger partial charge in [-0.25, -0.2) is 4.79 Å². The zero-order valence-corrected chi connectivity index (χ0v) is 27.5. The van der Waals surface area contributed by atoms with Crippen LogP contribution < -0.4 is 16.4 Å². The summed E-state index contributed by atoms with van der Waals surface area (Å²) in [5, 5.41) is 15.8. The molecule has 0 bridgehead atoms. The lowest BCUT2D eigenvalue weighted by atomic mass is 9.83. The van der Waals surface area contributed by atoms with E-state index in [0.717, 1.165) is 19.3 Å². The number of aromatic nitrogens is 1. The Morgan fingerprint density at radius 3 is 2.31 bits per heavy atom. The highest BCUT2D eigenvalue weighted by Gasteiger charge is 2.51. The number of primary amides is 1. The Kier molecular flexibility index (Phi) is 11.6. The van der Waals surface area contributed by atoms with Gasteiger partial charge in [0, 0.05) is 11.7 Å². The molecule has 1 aliphatic heterocycles. The van der Waals surface area contributed by atoms with E-state index < -0.39 is 65.8 Å². The van der Waals surface area contributed by atoms with Crippen LogP contribution in [-0.2, 0) is 23.9 Å². The minimum Gasteiger partial charge on any atom is -0.451 e. The maximum atomic E-state index is 14.3. The van der Waals surface area contributed by atoms with Crippen molar-refractivity contribution in [3.8, 4) is 0 Å². The van der Waals surface area contributed by atoms with E-state index in [4.69, 9.17) is 10.5 Å². The van der Waals surface area contributed by atoms with Crippen molar-refractivity contribution in [1.29, 1.82) is 0 Å². The average Bonchev–Trinajstić information content (AvgIpc) is 3.50. The monoisotopic (exact) mass is 631 g/mol. The SMILES string of the molecule is CCC[C@H](NC(=O)[C@@H]1CC2CCCCC2N1C(=O)[C@@H](NC(=O)COC(=O)c1[nH]c(C)c(C)c1C(C)=O)C(C)(C)C)C(O)C(N)=O. The lowest BCUT2D eigenvalue weighted by Crippen LogP contribution is -2.61. The Morgan fingerprint density at radius 1 is 1.09 bits per heavy atom. The second-order valence-electron chi connectivity index (χ2n) is 13.5. The fourth-order valence-electron chi connectivity index (χ4n) is 6.62. The smallest absolute Gasteiger partial charge is 0.356 e.